The molecule has 0 aliphatic rings. The smallest absolute Gasteiger partial charge is 0.154 e. The molecule has 0 fully saturated rings. The zero-order chi connectivity index (χ0) is 13.5. The quantitative estimate of drug-likeness (QED) is 0.763. The molecule has 1 N–H and O–H groups in total. The number of hydrogen-bond donors (Lipinski definition) is 1. The second kappa shape index (κ2) is 4.93. The van der Waals surface area contributed by atoms with E-state index in [-0.39, 0.29) is 5.54 Å². The molecule has 0 atom stereocenters. The van der Waals surface area contributed by atoms with Crippen molar-refractivity contribution in [3.8, 4) is 0 Å². The van der Waals surface area contributed by atoms with Crippen molar-refractivity contribution in [2.75, 3.05) is 0 Å². The summed E-state index contributed by atoms with van der Waals surface area (Å²) in [5, 5.41) is 5.47. The van der Waals surface area contributed by atoms with E-state index in [1.807, 2.05) is 6.07 Å². The van der Waals surface area contributed by atoms with Crippen molar-refractivity contribution in [2.45, 2.75) is 32.9 Å². The fourth-order valence-corrected chi connectivity index (χ4v) is 2.30. The van der Waals surface area contributed by atoms with Crippen LogP contribution in [0.15, 0.2) is 16.5 Å². The van der Waals surface area contributed by atoms with Crippen molar-refractivity contribution in [1.82, 2.24) is 5.32 Å². The van der Waals surface area contributed by atoms with E-state index in [2.05, 4.69) is 26.1 Å². The highest BCUT2D eigenvalue weighted by Gasteiger charge is 2.15. The Balaban J connectivity index is 2.38. The van der Waals surface area contributed by atoms with Crippen LogP contribution in [-0.4, -0.2) is 5.54 Å². The molecule has 98 valence electrons. The molecular formula is C13H14Cl3NO. The molecule has 0 bridgehead atoms. The number of fused-ring (bicyclic) bond motifs is 1. The summed E-state index contributed by atoms with van der Waals surface area (Å²) in [7, 11) is 0. The van der Waals surface area contributed by atoms with Gasteiger partial charge in [-0.1, -0.05) is 34.8 Å². The molecule has 5 heteroatoms. The fourth-order valence-electron chi connectivity index (χ4n) is 1.59. The number of hydrogen-bond acceptors (Lipinski definition) is 2. The average molecular weight is 307 g/mol. The van der Waals surface area contributed by atoms with Crippen LogP contribution in [0.3, 0.4) is 0 Å². The topological polar surface area (TPSA) is 25.2 Å². The Labute approximate surface area is 121 Å². The molecular weight excluding hydrogens is 293 g/mol. The molecule has 0 amide bonds. The zero-order valence-electron chi connectivity index (χ0n) is 10.4. The minimum atomic E-state index is 0.0181. The number of furan rings is 1. The lowest BCUT2D eigenvalue weighted by atomic mass is 10.1. The lowest BCUT2D eigenvalue weighted by Gasteiger charge is -2.19. The largest absolute Gasteiger partial charge is 0.458 e. The van der Waals surface area contributed by atoms with Gasteiger partial charge in [-0.15, -0.1) is 0 Å². The van der Waals surface area contributed by atoms with E-state index in [0.29, 0.717) is 27.2 Å². The summed E-state index contributed by atoms with van der Waals surface area (Å²) in [6, 6.07) is 3.46. The Kier molecular flexibility index (Phi) is 3.84. The Hall–Kier alpha value is -0.410. The third-order valence-corrected chi connectivity index (χ3v) is 3.58. The average Bonchev–Trinajstić information content (AvgIpc) is 2.67. The van der Waals surface area contributed by atoms with Crippen molar-refractivity contribution >= 4 is 45.8 Å². The lowest BCUT2D eigenvalue weighted by molar-refractivity contribution is 0.395. The number of halogens is 3. The molecule has 0 aliphatic carbocycles. The summed E-state index contributed by atoms with van der Waals surface area (Å²) in [5.41, 5.74) is 0.598. The minimum Gasteiger partial charge on any atom is -0.458 e. The van der Waals surface area contributed by atoms with Crippen LogP contribution < -0.4 is 5.32 Å². The van der Waals surface area contributed by atoms with Crippen LogP contribution in [0.25, 0.3) is 11.0 Å². The molecule has 0 saturated carbocycles. The highest BCUT2D eigenvalue weighted by Crippen LogP contribution is 2.37. The van der Waals surface area contributed by atoms with Crippen molar-refractivity contribution < 1.29 is 4.42 Å². The normalized spacial score (nSPS) is 12.3. The van der Waals surface area contributed by atoms with Gasteiger partial charge in [-0.25, -0.2) is 0 Å². The van der Waals surface area contributed by atoms with E-state index < -0.39 is 0 Å². The van der Waals surface area contributed by atoms with Gasteiger partial charge in [0.1, 0.15) is 5.76 Å². The van der Waals surface area contributed by atoms with E-state index >= 15 is 0 Å². The van der Waals surface area contributed by atoms with E-state index in [0.717, 1.165) is 11.1 Å². The first-order chi connectivity index (χ1) is 8.28. The van der Waals surface area contributed by atoms with Gasteiger partial charge in [-0.05, 0) is 32.9 Å². The van der Waals surface area contributed by atoms with Crippen molar-refractivity contribution in [3.05, 3.63) is 33.0 Å². The summed E-state index contributed by atoms with van der Waals surface area (Å²) >= 11 is 18.2. The van der Waals surface area contributed by atoms with Crippen LogP contribution in [0.2, 0.25) is 15.1 Å². The fraction of sp³-hybridized carbons (Fsp3) is 0.385. The Morgan fingerprint density at radius 3 is 2.39 bits per heavy atom. The predicted molar refractivity (Wildman–Crippen MR) is 77.8 cm³/mol. The Morgan fingerprint density at radius 1 is 1.11 bits per heavy atom. The van der Waals surface area contributed by atoms with Gasteiger partial charge in [0.05, 0.1) is 21.6 Å². The minimum absolute atomic E-state index is 0.0181. The molecule has 1 heterocycles. The van der Waals surface area contributed by atoms with Crippen molar-refractivity contribution in [2.24, 2.45) is 0 Å². The molecule has 18 heavy (non-hydrogen) atoms. The maximum absolute atomic E-state index is 6.13. The molecule has 2 nitrogen and oxygen atoms in total. The van der Waals surface area contributed by atoms with Gasteiger partial charge in [-0.2, -0.15) is 0 Å². The molecule has 1 aromatic heterocycles. The third kappa shape index (κ3) is 2.94. The molecule has 2 aromatic rings. The number of rotatable bonds is 2. The van der Waals surface area contributed by atoms with Crippen LogP contribution in [0, 0.1) is 0 Å². The number of nitrogens with one attached hydrogen (secondary N) is 1. The second-order valence-corrected chi connectivity index (χ2v) is 6.41. The van der Waals surface area contributed by atoms with Crippen LogP contribution >= 0.6 is 34.8 Å². The Bertz CT molecular complexity index is 584. The van der Waals surface area contributed by atoms with E-state index in [1.54, 1.807) is 6.07 Å². The van der Waals surface area contributed by atoms with Gasteiger partial charge in [0.15, 0.2) is 5.58 Å². The summed E-state index contributed by atoms with van der Waals surface area (Å²) in [4.78, 5) is 0. The maximum atomic E-state index is 6.13. The van der Waals surface area contributed by atoms with Gasteiger partial charge in [0.2, 0.25) is 0 Å². The monoisotopic (exact) mass is 305 g/mol. The highest BCUT2D eigenvalue weighted by atomic mass is 35.5. The zero-order valence-corrected chi connectivity index (χ0v) is 12.7. The first-order valence-electron chi connectivity index (χ1n) is 5.59. The molecule has 0 aliphatic heterocycles. The summed E-state index contributed by atoms with van der Waals surface area (Å²) < 4.78 is 5.69. The van der Waals surface area contributed by atoms with Crippen LogP contribution in [-0.2, 0) is 6.54 Å². The standard InChI is InChI=1S/C13H14Cl3NO/c1-13(2,3)17-6-7-4-8-11(16)9(14)5-10(15)12(8)18-7/h4-5,17H,6H2,1-3H3. The van der Waals surface area contributed by atoms with Gasteiger partial charge in [0.25, 0.3) is 0 Å². The Morgan fingerprint density at radius 2 is 1.78 bits per heavy atom. The number of benzene rings is 1. The van der Waals surface area contributed by atoms with Crippen LogP contribution in [0.1, 0.15) is 26.5 Å². The van der Waals surface area contributed by atoms with Gasteiger partial charge in [-0.3, -0.25) is 0 Å². The molecule has 2 rings (SSSR count). The highest BCUT2D eigenvalue weighted by molar-refractivity contribution is 6.47. The van der Waals surface area contributed by atoms with Crippen molar-refractivity contribution in [3.63, 3.8) is 0 Å². The van der Waals surface area contributed by atoms with E-state index in [9.17, 15) is 0 Å². The summed E-state index contributed by atoms with van der Waals surface area (Å²) in [5.74, 6) is 0.783. The van der Waals surface area contributed by atoms with Crippen LogP contribution in [0.4, 0.5) is 0 Å². The molecule has 0 spiro atoms. The van der Waals surface area contributed by atoms with Gasteiger partial charge in [0, 0.05) is 10.9 Å². The molecule has 0 saturated heterocycles. The first-order valence-corrected chi connectivity index (χ1v) is 6.72. The predicted octanol–water partition coefficient (Wildman–Crippen LogP) is 5.28. The van der Waals surface area contributed by atoms with Crippen LogP contribution in [0.5, 0.6) is 0 Å². The summed E-state index contributed by atoms with van der Waals surface area (Å²) in [6.45, 7) is 6.88. The third-order valence-electron chi connectivity index (χ3n) is 2.49. The molecule has 0 unspecified atom stereocenters. The van der Waals surface area contributed by atoms with Gasteiger partial charge >= 0.3 is 0 Å². The second-order valence-electron chi connectivity index (χ2n) is 5.21. The SMILES string of the molecule is CC(C)(C)NCc1cc2c(Cl)c(Cl)cc(Cl)c2o1. The van der Waals surface area contributed by atoms with Crippen molar-refractivity contribution in [1.29, 1.82) is 0 Å². The first kappa shape index (κ1) is 14.0. The van der Waals surface area contributed by atoms with Gasteiger partial charge < -0.3 is 9.73 Å². The maximum Gasteiger partial charge on any atom is 0.154 e. The van der Waals surface area contributed by atoms with E-state index in [1.165, 1.54) is 0 Å². The molecule has 1 aromatic carbocycles. The van der Waals surface area contributed by atoms with E-state index in [4.69, 9.17) is 39.2 Å². The summed E-state index contributed by atoms with van der Waals surface area (Å²) in [6.07, 6.45) is 0. The molecule has 0 radical (unpaired) electrons. The lowest BCUT2D eigenvalue weighted by Crippen LogP contribution is -2.34.